The lowest BCUT2D eigenvalue weighted by Crippen LogP contribution is -2.14. The van der Waals surface area contributed by atoms with Gasteiger partial charge < -0.3 is 0 Å². The highest BCUT2D eigenvalue weighted by Crippen LogP contribution is 2.70. The Morgan fingerprint density at radius 1 is 1.60 bits per heavy atom. The summed E-state index contributed by atoms with van der Waals surface area (Å²) in [6.07, 6.45) is 1.18. The number of hydrogen-bond acceptors (Lipinski definition) is 2. The summed E-state index contributed by atoms with van der Waals surface area (Å²) in [5.41, 5.74) is 0.750. The second-order valence-electron chi connectivity index (χ2n) is 4.66. The lowest BCUT2D eigenvalue weighted by molar-refractivity contribution is 0.0631. The zero-order valence-corrected chi connectivity index (χ0v) is 8.18. The van der Waals surface area contributed by atoms with Crippen molar-refractivity contribution in [3.63, 3.8) is 0 Å². The van der Waals surface area contributed by atoms with Gasteiger partial charge in [-0.1, -0.05) is 6.92 Å². The summed E-state index contributed by atoms with van der Waals surface area (Å²) in [6, 6.07) is 0. The lowest BCUT2D eigenvalue weighted by atomic mass is 9.88. The van der Waals surface area contributed by atoms with E-state index in [0.717, 1.165) is 0 Å². The zero-order chi connectivity index (χ0) is 10.8. The number of carbonyl (C=O) groups excluding carboxylic acids is 1. The van der Waals surface area contributed by atoms with Crippen LogP contribution in [0.2, 0.25) is 0 Å². The molecular weight excluding hydrogens is 202 g/mol. The van der Waals surface area contributed by atoms with E-state index in [0.29, 0.717) is 24.0 Å². The number of H-pyrrole nitrogens is 1. The molecule has 0 saturated heterocycles. The number of fused-ring (bicyclic) bond motifs is 2. The van der Waals surface area contributed by atoms with Crippen molar-refractivity contribution in [2.75, 3.05) is 0 Å². The van der Waals surface area contributed by atoms with Crippen LogP contribution in [0.5, 0.6) is 0 Å². The van der Waals surface area contributed by atoms with Gasteiger partial charge in [-0.05, 0) is 6.42 Å². The largest absolute Gasteiger partial charge is 0.296 e. The van der Waals surface area contributed by atoms with Gasteiger partial charge in [-0.2, -0.15) is 5.10 Å². The Kier molecular flexibility index (Phi) is 1.37. The van der Waals surface area contributed by atoms with Crippen LogP contribution in [-0.2, 0) is 12.8 Å². The fourth-order valence-electron chi connectivity index (χ4n) is 2.73. The molecule has 1 saturated carbocycles. The van der Waals surface area contributed by atoms with E-state index < -0.39 is 17.3 Å². The Morgan fingerprint density at radius 2 is 2.33 bits per heavy atom. The molecule has 2 unspecified atom stereocenters. The van der Waals surface area contributed by atoms with Crippen LogP contribution in [0.25, 0.3) is 0 Å². The molecule has 0 spiro atoms. The number of carbonyl (C=O) groups is 1. The van der Waals surface area contributed by atoms with Crippen LogP contribution in [0.3, 0.4) is 0 Å². The third-order valence-electron chi connectivity index (χ3n) is 3.93. The molecule has 3 nitrogen and oxygen atoms in total. The number of aromatic amines is 1. The van der Waals surface area contributed by atoms with Crippen molar-refractivity contribution in [1.29, 1.82) is 0 Å². The Morgan fingerprint density at radius 3 is 3.00 bits per heavy atom. The first-order valence-electron chi connectivity index (χ1n) is 4.90. The molecule has 80 valence electrons. The summed E-state index contributed by atoms with van der Waals surface area (Å²) in [5, 5.41) is 6.49. The average Bonchev–Trinajstić information content (AvgIpc) is 2.53. The third-order valence-corrected chi connectivity index (χ3v) is 3.93. The molecular formula is C10H10F2N2O. The highest BCUT2D eigenvalue weighted by atomic mass is 19.3. The molecule has 2 aliphatic carbocycles. The Hall–Kier alpha value is -1.26. The van der Waals surface area contributed by atoms with Crippen LogP contribution in [0.1, 0.15) is 28.7 Å². The summed E-state index contributed by atoms with van der Waals surface area (Å²) in [6.45, 7) is 1.60. The number of hydrogen-bond donors (Lipinski definition) is 1. The van der Waals surface area contributed by atoms with E-state index in [-0.39, 0.29) is 12.1 Å². The van der Waals surface area contributed by atoms with Crippen LogP contribution in [0.15, 0.2) is 0 Å². The van der Waals surface area contributed by atoms with Crippen molar-refractivity contribution in [3.8, 4) is 0 Å². The Balaban J connectivity index is 2.05. The van der Waals surface area contributed by atoms with Crippen molar-refractivity contribution >= 4 is 6.29 Å². The van der Waals surface area contributed by atoms with Gasteiger partial charge in [0, 0.05) is 29.0 Å². The first-order chi connectivity index (χ1) is 7.00. The van der Waals surface area contributed by atoms with Crippen LogP contribution < -0.4 is 0 Å². The molecule has 0 aliphatic heterocycles. The van der Waals surface area contributed by atoms with Crippen molar-refractivity contribution < 1.29 is 13.6 Å². The van der Waals surface area contributed by atoms with E-state index >= 15 is 0 Å². The maximum Gasteiger partial charge on any atom is 0.258 e. The fourth-order valence-corrected chi connectivity index (χ4v) is 2.73. The molecule has 1 N–H and O–H groups in total. The molecule has 15 heavy (non-hydrogen) atoms. The number of nitrogens with zero attached hydrogens (tertiary/aromatic N) is 1. The standard InChI is InChI=1S/C10H10F2N2O/c1-9-3-6-5(7(4-15)14-13-6)2-8(9)10(9,11)12/h4,8H,2-3H2,1H3,(H,13,14). The lowest BCUT2D eigenvalue weighted by Gasteiger charge is -2.14. The van der Waals surface area contributed by atoms with Crippen LogP contribution in [-0.4, -0.2) is 22.4 Å². The smallest absolute Gasteiger partial charge is 0.258 e. The zero-order valence-electron chi connectivity index (χ0n) is 8.18. The molecule has 0 amide bonds. The molecule has 5 heteroatoms. The highest BCUT2D eigenvalue weighted by Gasteiger charge is 2.78. The number of aromatic nitrogens is 2. The van der Waals surface area contributed by atoms with Gasteiger partial charge in [0.1, 0.15) is 5.69 Å². The number of rotatable bonds is 1. The van der Waals surface area contributed by atoms with Gasteiger partial charge in [-0.25, -0.2) is 8.78 Å². The predicted octanol–water partition coefficient (Wildman–Crippen LogP) is 1.59. The maximum absolute atomic E-state index is 13.4. The predicted molar refractivity (Wildman–Crippen MR) is 47.9 cm³/mol. The van der Waals surface area contributed by atoms with Gasteiger partial charge in [0.15, 0.2) is 6.29 Å². The number of alkyl halides is 2. The second-order valence-corrected chi connectivity index (χ2v) is 4.66. The van der Waals surface area contributed by atoms with Gasteiger partial charge in [-0.15, -0.1) is 0 Å². The second kappa shape index (κ2) is 2.28. The minimum atomic E-state index is -2.59. The van der Waals surface area contributed by atoms with E-state index in [9.17, 15) is 13.6 Å². The number of nitrogens with one attached hydrogen (secondary N) is 1. The Bertz CT molecular complexity index is 454. The normalized spacial score (nSPS) is 35.5. The summed E-state index contributed by atoms with van der Waals surface area (Å²) >= 11 is 0. The molecule has 3 rings (SSSR count). The quantitative estimate of drug-likeness (QED) is 0.718. The molecule has 2 atom stereocenters. The number of halogens is 2. The van der Waals surface area contributed by atoms with Gasteiger partial charge in [0.05, 0.1) is 0 Å². The first-order valence-corrected chi connectivity index (χ1v) is 4.90. The minimum Gasteiger partial charge on any atom is -0.296 e. The maximum atomic E-state index is 13.4. The molecule has 1 aromatic rings. The monoisotopic (exact) mass is 212 g/mol. The summed E-state index contributed by atoms with van der Waals surface area (Å²) in [4.78, 5) is 10.6. The summed E-state index contributed by atoms with van der Waals surface area (Å²) < 4.78 is 26.9. The highest BCUT2D eigenvalue weighted by molar-refractivity contribution is 5.75. The summed E-state index contributed by atoms with van der Waals surface area (Å²) in [7, 11) is 0. The number of aldehydes is 1. The molecule has 2 aliphatic rings. The van der Waals surface area contributed by atoms with E-state index in [1.165, 1.54) is 0 Å². The van der Waals surface area contributed by atoms with E-state index in [2.05, 4.69) is 10.2 Å². The fraction of sp³-hybridized carbons (Fsp3) is 0.600. The van der Waals surface area contributed by atoms with E-state index in [4.69, 9.17) is 0 Å². The van der Waals surface area contributed by atoms with Crippen molar-refractivity contribution in [2.45, 2.75) is 25.7 Å². The molecule has 1 aromatic heterocycles. The van der Waals surface area contributed by atoms with E-state index in [1.807, 2.05) is 0 Å². The van der Waals surface area contributed by atoms with Gasteiger partial charge in [0.25, 0.3) is 5.92 Å². The third kappa shape index (κ3) is 0.843. The molecule has 0 bridgehead atoms. The van der Waals surface area contributed by atoms with Crippen molar-refractivity contribution in [2.24, 2.45) is 11.3 Å². The molecule has 1 heterocycles. The molecule has 0 aromatic carbocycles. The molecule has 0 radical (unpaired) electrons. The average molecular weight is 212 g/mol. The minimum absolute atomic E-state index is 0.267. The Labute approximate surface area is 84.9 Å². The molecule has 1 fully saturated rings. The van der Waals surface area contributed by atoms with Crippen molar-refractivity contribution in [1.82, 2.24) is 10.2 Å². The topological polar surface area (TPSA) is 45.8 Å². The van der Waals surface area contributed by atoms with Gasteiger partial charge >= 0.3 is 0 Å². The van der Waals surface area contributed by atoms with Gasteiger partial charge in [-0.3, -0.25) is 9.89 Å². The van der Waals surface area contributed by atoms with Crippen LogP contribution in [0, 0.1) is 11.3 Å². The summed E-state index contributed by atoms with van der Waals surface area (Å²) in [5.74, 6) is -3.21. The van der Waals surface area contributed by atoms with Crippen molar-refractivity contribution in [3.05, 3.63) is 17.0 Å². The SMILES string of the molecule is CC12Cc3[nH]nc(C=O)c3CC1C2(F)F. The van der Waals surface area contributed by atoms with Crippen LogP contribution in [0.4, 0.5) is 8.78 Å². The van der Waals surface area contributed by atoms with E-state index in [1.54, 1.807) is 6.92 Å². The van der Waals surface area contributed by atoms with Crippen LogP contribution >= 0.6 is 0 Å². The van der Waals surface area contributed by atoms with Gasteiger partial charge in [0.2, 0.25) is 0 Å². The first kappa shape index (κ1) is 9.00.